The van der Waals surface area contributed by atoms with Crippen molar-refractivity contribution in [2.24, 2.45) is 0 Å². The largest absolute Gasteiger partial charge is 0.389 e. The molecule has 112 valence electrons. The fourth-order valence-corrected chi connectivity index (χ4v) is 3.59. The lowest BCUT2D eigenvalue weighted by molar-refractivity contribution is 0.00785. The minimum atomic E-state index is -0.422. The third kappa shape index (κ3) is 4.14. The van der Waals surface area contributed by atoms with Gasteiger partial charge in [-0.1, -0.05) is 30.3 Å². The van der Waals surface area contributed by atoms with Gasteiger partial charge in [-0.15, -0.1) is 11.3 Å². The Kier molecular flexibility index (Phi) is 5.04. The van der Waals surface area contributed by atoms with Gasteiger partial charge in [-0.2, -0.15) is 0 Å². The van der Waals surface area contributed by atoms with Gasteiger partial charge in [0.25, 0.3) is 0 Å². The maximum Gasteiger partial charge on any atom is 0.0900 e. The van der Waals surface area contributed by atoms with Crippen LogP contribution in [0.3, 0.4) is 0 Å². The highest BCUT2D eigenvalue weighted by Gasteiger charge is 2.19. The number of benzene rings is 1. The highest BCUT2D eigenvalue weighted by molar-refractivity contribution is 7.10. The average molecular weight is 303 g/mol. The number of hydrogen-bond donors (Lipinski definition) is 1. The van der Waals surface area contributed by atoms with Crippen molar-refractivity contribution in [1.29, 1.82) is 0 Å². The molecule has 1 aliphatic heterocycles. The van der Waals surface area contributed by atoms with E-state index in [2.05, 4.69) is 16.3 Å². The standard InChI is InChI=1S/C17H21NO2S/c19-16(13-20-12-14-4-2-1-3-5-14)11-18-8-6-17-15(10-18)7-9-21-17/h1-5,7,9,16,19H,6,8,10-13H2. The van der Waals surface area contributed by atoms with Gasteiger partial charge >= 0.3 is 0 Å². The number of thiophene rings is 1. The molecule has 21 heavy (non-hydrogen) atoms. The van der Waals surface area contributed by atoms with E-state index in [4.69, 9.17) is 4.74 Å². The first-order valence-corrected chi connectivity index (χ1v) is 8.26. The van der Waals surface area contributed by atoms with Crippen molar-refractivity contribution < 1.29 is 9.84 Å². The van der Waals surface area contributed by atoms with Crippen molar-refractivity contribution in [1.82, 2.24) is 4.90 Å². The first kappa shape index (κ1) is 14.7. The highest BCUT2D eigenvalue weighted by Crippen LogP contribution is 2.23. The van der Waals surface area contributed by atoms with Crippen LogP contribution in [0.4, 0.5) is 0 Å². The van der Waals surface area contributed by atoms with Crippen molar-refractivity contribution in [2.75, 3.05) is 19.7 Å². The molecule has 0 saturated heterocycles. The molecular weight excluding hydrogens is 282 g/mol. The first-order valence-electron chi connectivity index (χ1n) is 7.38. The van der Waals surface area contributed by atoms with E-state index in [1.165, 1.54) is 10.4 Å². The van der Waals surface area contributed by atoms with E-state index in [1.54, 1.807) is 0 Å². The molecule has 1 aliphatic rings. The van der Waals surface area contributed by atoms with Gasteiger partial charge < -0.3 is 9.84 Å². The van der Waals surface area contributed by atoms with Gasteiger partial charge in [0.1, 0.15) is 0 Å². The van der Waals surface area contributed by atoms with Gasteiger partial charge in [-0.05, 0) is 29.0 Å². The first-order chi connectivity index (χ1) is 10.3. The monoisotopic (exact) mass is 303 g/mol. The van der Waals surface area contributed by atoms with Crippen LogP contribution in [0.1, 0.15) is 16.0 Å². The lowest BCUT2D eigenvalue weighted by atomic mass is 10.1. The molecule has 0 radical (unpaired) electrons. The van der Waals surface area contributed by atoms with Crippen LogP contribution in [0.25, 0.3) is 0 Å². The summed E-state index contributed by atoms with van der Waals surface area (Å²) in [5.74, 6) is 0. The zero-order valence-corrected chi connectivity index (χ0v) is 12.9. The molecule has 0 aliphatic carbocycles. The average Bonchev–Trinajstić information content (AvgIpc) is 2.96. The maximum atomic E-state index is 10.1. The molecule has 1 unspecified atom stereocenters. The van der Waals surface area contributed by atoms with Crippen LogP contribution in [0.2, 0.25) is 0 Å². The van der Waals surface area contributed by atoms with Crippen LogP contribution in [0, 0.1) is 0 Å². The summed E-state index contributed by atoms with van der Waals surface area (Å²) in [5.41, 5.74) is 2.56. The van der Waals surface area contributed by atoms with Gasteiger partial charge in [0.2, 0.25) is 0 Å². The molecule has 1 aromatic heterocycles. The predicted octanol–water partition coefficient (Wildman–Crippen LogP) is 2.68. The highest BCUT2D eigenvalue weighted by atomic mass is 32.1. The van der Waals surface area contributed by atoms with Crippen LogP contribution in [-0.4, -0.2) is 35.8 Å². The molecule has 2 aromatic rings. The van der Waals surface area contributed by atoms with Crippen molar-refractivity contribution in [3.05, 3.63) is 57.8 Å². The predicted molar refractivity (Wildman–Crippen MR) is 85.4 cm³/mol. The number of rotatable bonds is 6. The lowest BCUT2D eigenvalue weighted by Crippen LogP contribution is -2.37. The Hall–Kier alpha value is -1.20. The van der Waals surface area contributed by atoms with E-state index >= 15 is 0 Å². The summed E-state index contributed by atoms with van der Waals surface area (Å²) in [5, 5.41) is 12.3. The summed E-state index contributed by atoms with van der Waals surface area (Å²) in [6.07, 6.45) is 0.679. The smallest absolute Gasteiger partial charge is 0.0900 e. The molecule has 3 nitrogen and oxygen atoms in total. The van der Waals surface area contributed by atoms with E-state index in [0.29, 0.717) is 19.8 Å². The number of β-amino-alcohol motifs (C(OH)–C–C–N with tert-alkyl or cyclic N) is 1. The lowest BCUT2D eigenvalue weighted by Gasteiger charge is -2.28. The van der Waals surface area contributed by atoms with Gasteiger partial charge in [0.05, 0.1) is 19.3 Å². The molecule has 1 atom stereocenters. The Morgan fingerprint density at radius 3 is 2.95 bits per heavy atom. The van der Waals surface area contributed by atoms with Crippen molar-refractivity contribution in [3.63, 3.8) is 0 Å². The number of fused-ring (bicyclic) bond motifs is 1. The quantitative estimate of drug-likeness (QED) is 0.890. The van der Waals surface area contributed by atoms with Gasteiger partial charge in [-0.25, -0.2) is 0 Å². The van der Waals surface area contributed by atoms with E-state index in [0.717, 1.165) is 25.1 Å². The zero-order valence-electron chi connectivity index (χ0n) is 12.1. The Morgan fingerprint density at radius 2 is 2.10 bits per heavy atom. The van der Waals surface area contributed by atoms with Crippen molar-refractivity contribution in [3.8, 4) is 0 Å². The second kappa shape index (κ2) is 7.18. The molecule has 1 N–H and O–H groups in total. The topological polar surface area (TPSA) is 32.7 Å². The molecule has 0 spiro atoms. The van der Waals surface area contributed by atoms with Crippen LogP contribution < -0.4 is 0 Å². The summed E-state index contributed by atoms with van der Waals surface area (Å²) in [6.45, 7) is 3.62. The summed E-state index contributed by atoms with van der Waals surface area (Å²) in [6, 6.07) is 12.3. The van der Waals surface area contributed by atoms with Crippen molar-refractivity contribution >= 4 is 11.3 Å². The molecule has 0 saturated carbocycles. The summed E-state index contributed by atoms with van der Waals surface area (Å²) in [7, 11) is 0. The molecular formula is C17H21NO2S. The second-order valence-electron chi connectivity index (χ2n) is 5.51. The fourth-order valence-electron chi connectivity index (χ4n) is 2.70. The third-order valence-corrected chi connectivity index (χ3v) is 4.80. The Labute approximate surface area is 129 Å². The summed E-state index contributed by atoms with van der Waals surface area (Å²) < 4.78 is 5.60. The van der Waals surface area contributed by atoms with E-state index in [9.17, 15) is 5.11 Å². The number of aliphatic hydroxyl groups is 1. The minimum absolute atomic E-state index is 0.391. The SMILES string of the molecule is OC(COCc1ccccc1)CN1CCc2sccc2C1. The minimum Gasteiger partial charge on any atom is -0.389 e. The van der Waals surface area contributed by atoms with E-state index in [1.807, 2.05) is 41.7 Å². The summed E-state index contributed by atoms with van der Waals surface area (Å²) >= 11 is 1.84. The zero-order chi connectivity index (χ0) is 14.5. The van der Waals surface area contributed by atoms with Gasteiger partial charge in [0.15, 0.2) is 0 Å². The maximum absolute atomic E-state index is 10.1. The van der Waals surface area contributed by atoms with E-state index in [-0.39, 0.29) is 0 Å². The number of hydrogen-bond acceptors (Lipinski definition) is 4. The van der Waals surface area contributed by atoms with Crippen LogP contribution in [0.15, 0.2) is 41.8 Å². The van der Waals surface area contributed by atoms with Gasteiger partial charge in [0, 0.05) is 24.5 Å². The fraction of sp³-hybridized carbons (Fsp3) is 0.412. The Balaban J connectivity index is 1.40. The Bertz CT molecular complexity index is 555. The molecule has 3 rings (SSSR count). The van der Waals surface area contributed by atoms with Gasteiger partial charge in [-0.3, -0.25) is 4.90 Å². The number of ether oxygens (including phenoxy) is 1. The summed E-state index contributed by atoms with van der Waals surface area (Å²) in [4.78, 5) is 3.81. The van der Waals surface area contributed by atoms with Crippen LogP contribution in [0.5, 0.6) is 0 Å². The van der Waals surface area contributed by atoms with Crippen LogP contribution >= 0.6 is 11.3 Å². The van der Waals surface area contributed by atoms with E-state index < -0.39 is 6.10 Å². The number of nitrogens with zero attached hydrogens (tertiary/aromatic N) is 1. The molecule has 1 aromatic carbocycles. The molecule has 4 heteroatoms. The molecule has 0 fully saturated rings. The third-order valence-electron chi connectivity index (χ3n) is 3.78. The molecule has 2 heterocycles. The molecule has 0 bridgehead atoms. The number of aliphatic hydroxyl groups excluding tert-OH is 1. The van der Waals surface area contributed by atoms with Crippen LogP contribution in [-0.2, 0) is 24.3 Å². The second-order valence-corrected chi connectivity index (χ2v) is 6.51. The Morgan fingerprint density at radius 1 is 1.24 bits per heavy atom. The van der Waals surface area contributed by atoms with Crippen molar-refractivity contribution in [2.45, 2.75) is 25.7 Å². The normalized spacial score (nSPS) is 16.6. The molecule has 0 amide bonds.